The quantitative estimate of drug-likeness (QED) is 0.792. The second-order valence-electron chi connectivity index (χ2n) is 4.82. The lowest BCUT2D eigenvalue weighted by Crippen LogP contribution is -2.03. The Morgan fingerprint density at radius 1 is 1.00 bits per heavy atom. The number of rotatable bonds is 2. The first-order chi connectivity index (χ1) is 9.84. The molecular formula is C17H15ClN2. The maximum absolute atomic E-state index is 6.30. The molecular weight excluding hydrogens is 268 g/mol. The number of hydrogen-bond donors (Lipinski definition) is 0. The summed E-state index contributed by atoms with van der Waals surface area (Å²) < 4.78 is 0. The van der Waals surface area contributed by atoms with E-state index in [-0.39, 0.29) is 0 Å². The van der Waals surface area contributed by atoms with Crippen LogP contribution in [0, 0.1) is 0 Å². The molecule has 3 heteroatoms. The highest BCUT2D eigenvalue weighted by Gasteiger charge is 2.17. The average Bonchev–Trinajstić information content (AvgIpc) is 2.78. The van der Waals surface area contributed by atoms with Crippen LogP contribution in [0.25, 0.3) is 11.4 Å². The molecule has 20 heavy (non-hydrogen) atoms. The van der Waals surface area contributed by atoms with Gasteiger partial charge in [-0.1, -0.05) is 66.2 Å². The highest BCUT2D eigenvalue weighted by molar-refractivity contribution is 6.31. The van der Waals surface area contributed by atoms with E-state index in [0.29, 0.717) is 10.9 Å². The van der Waals surface area contributed by atoms with Crippen LogP contribution in [0.1, 0.15) is 24.5 Å². The monoisotopic (exact) mass is 282 g/mol. The van der Waals surface area contributed by atoms with Crippen LogP contribution < -0.4 is 0 Å². The van der Waals surface area contributed by atoms with Crippen LogP contribution in [0.4, 0.5) is 0 Å². The van der Waals surface area contributed by atoms with E-state index in [0.717, 1.165) is 29.9 Å². The molecule has 1 aromatic carbocycles. The van der Waals surface area contributed by atoms with Crippen molar-refractivity contribution in [1.29, 1.82) is 0 Å². The standard InChI is InChI=1S/C17H15ClN2/c18-15-12-19-17(14-10-6-3-7-11-14)20-16(15)13-8-4-1-2-5-9-13/h1-7,10-13H,8-9H2. The van der Waals surface area contributed by atoms with E-state index in [4.69, 9.17) is 16.6 Å². The van der Waals surface area contributed by atoms with Crippen molar-refractivity contribution in [1.82, 2.24) is 9.97 Å². The van der Waals surface area contributed by atoms with Crippen LogP contribution >= 0.6 is 11.6 Å². The largest absolute Gasteiger partial charge is 0.235 e. The fourth-order valence-corrected chi connectivity index (χ4v) is 2.60. The summed E-state index contributed by atoms with van der Waals surface area (Å²) in [5.41, 5.74) is 1.96. The first-order valence-electron chi connectivity index (χ1n) is 6.74. The molecule has 0 aliphatic heterocycles. The minimum Gasteiger partial charge on any atom is -0.235 e. The Morgan fingerprint density at radius 3 is 2.40 bits per heavy atom. The van der Waals surface area contributed by atoms with Gasteiger partial charge in [0.05, 0.1) is 10.7 Å². The SMILES string of the molecule is Clc1cnc(-c2ccccc2)nc1C1CC=CC=CC1. The molecule has 2 nitrogen and oxygen atoms in total. The smallest absolute Gasteiger partial charge is 0.159 e. The zero-order chi connectivity index (χ0) is 13.8. The summed E-state index contributed by atoms with van der Waals surface area (Å²) in [5, 5.41) is 0.651. The Hall–Kier alpha value is -1.93. The van der Waals surface area contributed by atoms with Gasteiger partial charge in [-0.2, -0.15) is 0 Å². The van der Waals surface area contributed by atoms with Crippen molar-refractivity contribution in [2.45, 2.75) is 18.8 Å². The van der Waals surface area contributed by atoms with Gasteiger partial charge in [-0.05, 0) is 12.8 Å². The minimum atomic E-state index is 0.322. The van der Waals surface area contributed by atoms with E-state index in [1.807, 2.05) is 30.3 Å². The lowest BCUT2D eigenvalue weighted by molar-refractivity contribution is 0.689. The molecule has 0 bridgehead atoms. The maximum Gasteiger partial charge on any atom is 0.159 e. The zero-order valence-corrected chi connectivity index (χ0v) is 11.8. The molecule has 1 aliphatic carbocycles. The highest BCUT2D eigenvalue weighted by Crippen LogP contribution is 2.31. The Morgan fingerprint density at radius 2 is 1.70 bits per heavy atom. The summed E-state index contributed by atoms with van der Waals surface area (Å²) in [4.78, 5) is 9.05. The van der Waals surface area contributed by atoms with E-state index in [9.17, 15) is 0 Å². The molecule has 1 heterocycles. The Labute approximate surface area is 123 Å². The normalized spacial score (nSPS) is 15.2. The van der Waals surface area contributed by atoms with Gasteiger partial charge in [0.25, 0.3) is 0 Å². The van der Waals surface area contributed by atoms with Gasteiger partial charge in [0, 0.05) is 17.7 Å². The van der Waals surface area contributed by atoms with Gasteiger partial charge in [0.2, 0.25) is 0 Å². The molecule has 3 rings (SSSR count). The van der Waals surface area contributed by atoms with E-state index in [1.165, 1.54) is 0 Å². The highest BCUT2D eigenvalue weighted by atomic mass is 35.5. The Kier molecular flexibility index (Phi) is 3.93. The van der Waals surface area contributed by atoms with E-state index in [1.54, 1.807) is 6.20 Å². The van der Waals surface area contributed by atoms with E-state index < -0.39 is 0 Å². The van der Waals surface area contributed by atoms with E-state index in [2.05, 4.69) is 29.3 Å². The second kappa shape index (κ2) is 6.02. The van der Waals surface area contributed by atoms with Crippen molar-refractivity contribution in [3.63, 3.8) is 0 Å². The van der Waals surface area contributed by atoms with Gasteiger partial charge >= 0.3 is 0 Å². The van der Waals surface area contributed by atoms with Gasteiger partial charge in [-0.3, -0.25) is 0 Å². The summed E-state index contributed by atoms with van der Waals surface area (Å²) in [6.45, 7) is 0. The number of halogens is 1. The van der Waals surface area contributed by atoms with Gasteiger partial charge < -0.3 is 0 Å². The number of hydrogen-bond acceptors (Lipinski definition) is 2. The number of nitrogens with zero attached hydrogens (tertiary/aromatic N) is 2. The second-order valence-corrected chi connectivity index (χ2v) is 5.22. The molecule has 0 N–H and O–H groups in total. The third kappa shape index (κ3) is 2.81. The van der Waals surface area contributed by atoms with Crippen molar-refractivity contribution < 1.29 is 0 Å². The number of benzene rings is 1. The van der Waals surface area contributed by atoms with Gasteiger partial charge in [-0.15, -0.1) is 0 Å². The molecule has 0 saturated carbocycles. The summed E-state index contributed by atoms with van der Waals surface area (Å²) in [5.74, 6) is 1.06. The molecule has 0 fully saturated rings. The van der Waals surface area contributed by atoms with Crippen LogP contribution in [0.15, 0.2) is 60.8 Å². The molecule has 0 radical (unpaired) electrons. The lowest BCUT2D eigenvalue weighted by Gasteiger charge is -2.14. The Bertz CT molecular complexity index is 633. The maximum atomic E-state index is 6.30. The van der Waals surface area contributed by atoms with Gasteiger partial charge in [0.1, 0.15) is 0 Å². The number of allylic oxidation sites excluding steroid dienone is 4. The van der Waals surface area contributed by atoms with Crippen molar-refractivity contribution in [3.8, 4) is 11.4 Å². The molecule has 0 atom stereocenters. The minimum absolute atomic E-state index is 0.322. The molecule has 100 valence electrons. The van der Waals surface area contributed by atoms with Crippen molar-refractivity contribution in [3.05, 3.63) is 71.5 Å². The predicted molar refractivity (Wildman–Crippen MR) is 82.7 cm³/mol. The Balaban J connectivity index is 1.99. The predicted octanol–water partition coefficient (Wildman–Crippen LogP) is 4.79. The van der Waals surface area contributed by atoms with Crippen molar-refractivity contribution >= 4 is 11.6 Å². The van der Waals surface area contributed by atoms with Crippen molar-refractivity contribution in [2.24, 2.45) is 0 Å². The third-order valence-electron chi connectivity index (χ3n) is 3.41. The average molecular weight is 283 g/mol. The topological polar surface area (TPSA) is 25.8 Å². The molecule has 0 unspecified atom stereocenters. The summed E-state index contributed by atoms with van der Waals surface area (Å²) >= 11 is 6.30. The van der Waals surface area contributed by atoms with Crippen LogP contribution in [0.5, 0.6) is 0 Å². The van der Waals surface area contributed by atoms with Crippen LogP contribution in [-0.4, -0.2) is 9.97 Å². The van der Waals surface area contributed by atoms with Crippen LogP contribution in [0.2, 0.25) is 5.02 Å². The molecule has 1 aromatic heterocycles. The van der Waals surface area contributed by atoms with Crippen molar-refractivity contribution in [2.75, 3.05) is 0 Å². The first kappa shape index (κ1) is 13.1. The van der Waals surface area contributed by atoms with Gasteiger partial charge in [0.15, 0.2) is 5.82 Å². The zero-order valence-electron chi connectivity index (χ0n) is 11.0. The van der Waals surface area contributed by atoms with Gasteiger partial charge in [-0.25, -0.2) is 9.97 Å². The summed E-state index contributed by atoms with van der Waals surface area (Å²) in [6.07, 6.45) is 12.1. The molecule has 0 amide bonds. The van der Waals surface area contributed by atoms with Crippen LogP contribution in [-0.2, 0) is 0 Å². The lowest BCUT2D eigenvalue weighted by atomic mass is 9.98. The molecule has 0 spiro atoms. The van der Waals surface area contributed by atoms with Crippen LogP contribution in [0.3, 0.4) is 0 Å². The molecule has 1 aliphatic rings. The third-order valence-corrected chi connectivity index (χ3v) is 3.71. The fourth-order valence-electron chi connectivity index (χ4n) is 2.36. The molecule has 0 saturated heterocycles. The summed E-state index contributed by atoms with van der Waals surface area (Å²) in [6, 6.07) is 10.00. The number of aromatic nitrogens is 2. The summed E-state index contributed by atoms with van der Waals surface area (Å²) in [7, 11) is 0. The van der Waals surface area contributed by atoms with E-state index >= 15 is 0 Å². The fraction of sp³-hybridized carbons (Fsp3) is 0.176. The first-order valence-corrected chi connectivity index (χ1v) is 7.12. The molecule has 2 aromatic rings.